The fraction of sp³-hybridized carbons (Fsp3) is 0.353. The molecule has 1 N–H and O–H groups in total. The van der Waals surface area contributed by atoms with Crippen LogP contribution in [0.25, 0.3) is 0 Å². The minimum atomic E-state index is 0.0818. The van der Waals surface area contributed by atoms with E-state index in [1.54, 1.807) is 23.1 Å². The molecule has 0 spiro atoms. The molecule has 2 nitrogen and oxygen atoms in total. The number of hydrogen-bond acceptors (Lipinski definition) is 3. The van der Waals surface area contributed by atoms with E-state index in [-0.39, 0.29) is 11.9 Å². The second kappa shape index (κ2) is 7.14. The summed E-state index contributed by atoms with van der Waals surface area (Å²) < 4.78 is 0. The predicted molar refractivity (Wildman–Crippen MR) is 92.3 cm³/mol. The summed E-state index contributed by atoms with van der Waals surface area (Å²) in [6.07, 6.45) is 0. The number of thioether (sulfide) groups is 1. The third-order valence-corrected chi connectivity index (χ3v) is 5.69. The van der Waals surface area contributed by atoms with Crippen LogP contribution in [0, 0.1) is 20.8 Å². The van der Waals surface area contributed by atoms with Crippen LogP contribution in [0.2, 0.25) is 0 Å². The number of rotatable bonds is 5. The molecule has 0 aliphatic carbocycles. The predicted octanol–water partition coefficient (Wildman–Crippen LogP) is 4.64. The summed E-state index contributed by atoms with van der Waals surface area (Å²) in [6.45, 7) is 8.34. The maximum Gasteiger partial charge on any atom is 0.230 e. The largest absolute Gasteiger partial charge is 0.348 e. The van der Waals surface area contributed by atoms with Gasteiger partial charge in [0.25, 0.3) is 0 Å². The van der Waals surface area contributed by atoms with Crippen LogP contribution in [0.4, 0.5) is 0 Å². The van der Waals surface area contributed by atoms with E-state index in [0.29, 0.717) is 5.75 Å². The lowest BCUT2D eigenvalue weighted by molar-refractivity contribution is -0.119. The molecule has 1 amide bonds. The van der Waals surface area contributed by atoms with Crippen molar-refractivity contribution in [2.75, 3.05) is 5.75 Å². The molecular formula is C17H21NOS2. The van der Waals surface area contributed by atoms with Gasteiger partial charge in [-0.25, -0.2) is 0 Å². The summed E-state index contributed by atoms with van der Waals surface area (Å²) >= 11 is 3.29. The Labute approximate surface area is 135 Å². The van der Waals surface area contributed by atoms with E-state index < -0.39 is 0 Å². The van der Waals surface area contributed by atoms with Crippen LogP contribution >= 0.6 is 23.1 Å². The number of thiophene rings is 1. The standard InChI is InChI=1S/C17H21NOS2/c1-11-8-12(2)17(13(3)9-11)21-10-16(19)18-14(4)15-6-5-7-20-15/h5-9,14H,10H2,1-4H3,(H,18,19)/t14-/m0/s1. The maximum atomic E-state index is 12.1. The molecule has 2 rings (SSSR count). The molecule has 0 radical (unpaired) electrons. The highest BCUT2D eigenvalue weighted by Gasteiger charge is 2.12. The number of hydrogen-bond donors (Lipinski definition) is 1. The van der Waals surface area contributed by atoms with Gasteiger partial charge in [-0.3, -0.25) is 4.79 Å². The Morgan fingerprint density at radius 2 is 1.95 bits per heavy atom. The van der Waals surface area contributed by atoms with Gasteiger partial charge in [-0.1, -0.05) is 23.8 Å². The third kappa shape index (κ3) is 4.35. The van der Waals surface area contributed by atoms with E-state index in [9.17, 15) is 4.79 Å². The molecule has 0 unspecified atom stereocenters. The van der Waals surface area contributed by atoms with Crippen LogP contribution in [-0.2, 0) is 4.79 Å². The Morgan fingerprint density at radius 3 is 2.52 bits per heavy atom. The van der Waals surface area contributed by atoms with Gasteiger partial charge in [0, 0.05) is 9.77 Å². The molecule has 1 aromatic heterocycles. The summed E-state index contributed by atoms with van der Waals surface area (Å²) in [5.41, 5.74) is 3.76. The normalized spacial score (nSPS) is 12.2. The molecule has 1 atom stereocenters. The first-order valence-corrected chi connectivity index (χ1v) is 8.87. The second-order valence-electron chi connectivity index (χ2n) is 5.32. The number of nitrogens with one attached hydrogen (secondary N) is 1. The molecule has 0 saturated carbocycles. The van der Waals surface area contributed by atoms with E-state index in [2.05, 4.69) is 44.3 Å². The lowest BCUT2D eigenvalue weighted by Gasteiger charge is -2.14. The average molecular weight is 319 g/mol. The first kappa shape index (κ1) is 16.1. The van der Waals surface area contributed by atoms with Crippen LogP contribution < -0.4 is 5.32 Å². The van der Waals surface area contributed by atoms with Crippen LogP contribution in [0.3, 0.4) is 0 Å². The maximum absolute atomic E-state index is 12.1. The van der Waals surface area contributed by atoms with Crippen LogP contribution in [-0.4, -0.2) is 11.7 Å². The van der Waals surface area contributed by atoms with Crippen molar-refractivity contribution in [2.24, 2.45) is 0 Å². The molecule has 0 aliphatic rings. The summed E-state index contributed by atoms with van der Waals surface area (Å²) in [7, 11) is 0. The molecule has 4 heteroatoms. The zero-order valence-electron chi connectivity index (χ0n) is 12.9. The summed E-state index contributed by atoms with van der Waals surface area (Å²) in [5, 5.41) is 5.09. The van der Waals surface area contributed by atoms with Gasteiger partial charge in [0.1, 0.15) is 0 Å². The number of benzene rings is 1. The van der Waals surface area contributed by atoms with E-state index >= 15 is 0 Å². The van der Waals surface area contributed by atoms with Gasteiger partial charge in [0.2, 0.25) is 5.91 Å². The second-order valence-corrected chi connectivity index (χ2v) is 7.29. The molecule has 112 valence electrons. The van der Waals surface area contributed by atoms with E-state index in [1.807, 2.05) is 18.4 Å². The fourth-order valence-corrected chi connectivity index (χ4v) is 4.09. The topological polar surface area (TPSA) is 29.1 Å². The Hall–Kier alpha value is -1.26. The first-order chi connectivity index (χ1) is 9.97. The zero-order valence-corrected chi connectivity index (χ0v) is 14.5. The van der Waals surface area contributed by atoms with Gasteiger partial charge < -0.3 is 5.32 Å². The zero-order chi connectivity index (χ0) is 15.4. The number of amides is 1. The van der Waals surface area contributed by atoms with Crippen LogP contribution in [0.5, 0.6) is 0 Å². The summed E-state index contributed by atoms with van der Waals surface area (Å²) in [4.78, 5) is 14.5. The van der Waals surface area contributed by atoms with Crippen molar-refractivity contribution in [1.82, 2.24) is 5.32 Å². The quantitative estimate of drug-likeness (QED) is 0.813. The molecule has 1 aromatic carbocycles. The van der Waals surface area contributed by atoms with Gasteiger partial charge in [0.05, 0.1) is 11.8 Å². The van der Waals surface area contributed by atoms with Crippen molar-refractivity contribution in [1.29, 1.82) is 0 Å². The Bertz CT molecular complexity index is 597. The summed E-state index contributed by atoms with van der Waals surface area (Å²) in [6, 6.07) is 8.48. The van der Waals surface area contributed by atoms with Crippen molar-refractivity contribution in [2.45, 2.75) is 38.6 Å². The van der Waals surface area contributed by atoms with Crippen LogP contribution in [0.15, 0.2) is 34.5 Å². The monoisotopic (exact) mass is 319 g/mol. The van der Waals surface area contributed by atoms with Crippen molar-refractivity contribution in [3.8, 4) is 0 Å². The van der Waals surface area contributed by atoms with Gasteiger partial charge in [0.15, 0.2) is 0 Å². The molecular weight excluding hydrogens is 298 g/mol. The van der Waals surface area contributed by atoms with Gasteiger partial charge >= 0.3 is 0 Å². The van der Waals surface area contributed by atoms with E-state index in [0.717, 1.165) is 0 Å². The molecule has 0 saturated heterocycles. The highest BCUT2D eigenvalue weighted by Crippen LogP contribution is 2.27. The molecule has 0 aliphatic heterocycles. The van der Waals surface area contributed by atoms with Crippen molar-refractivity contribution >= 4 is 29.0 Å². The van der Waals surface area contributed by atoms with Gasteiger partial charge in [-0.2, -0.15) is 0 Å². The average Bonchev–Trinajstić information content (AvgIpc) is 2.91. The number of aryl methyl sites for hydroxylation is 3. The Balaban J connectivity index is 1.93. The summed E-state index contributed by atoms with van der Waals surface area (Å²) in [5.74, 6) is 0.542. The molecule has 21 heavy (non-hydrogen) atoms. The highest BCUT2D eigenvalue weighted by molar-refractivity contribution is 8.00. The molecule has 0 fully saturated rings. The number of carbonyl (C=O) groups is 1. The molecule has 2 aromatic rings. The van der Waals surface area contributed by atoms with Crippen LogP contribution in [0.1, 0.15) is 34.5 Å². The van der Waals surface area contributed by atoms with Crippen molar-refractivity contribution in [3.63, 3.8) is 0 Å². The smallest absolute Gasteiger partial charge is 0.230 e. The SMILES string of the molecule is Cc1cc(C)c(SCC(=O)N[C@@H](C)c2cccs2)c(C)c1. The minimum Gasteiger partial charge on any atom is -0.348 e. The lowest BCUT2D eigenvalue weighted by atomic mass is 10.1. The van der Waals surface area contributed by atoms with E-state index in [1.165, 1.54) is 26.5 Å². The van der Waals surface area contributed by atoms with Crippen molar-refractivity contribution in [3.05, 3.63) is 51.2 Å². The molecule has 0 bridgehead atoms. The van der Waals surface area contributed by atoms with Gasteiger partial charge in [-0.15, -0.1) is 23.1 Å². The Kier molecular flexibility index (Phi) is 5.48. The Morgan fingerprint density at radius 1 is 1.29 bits per heavy atom. The van der Waals surface area contributed by atoms with Gasteiger partial charge in [-0.05, 0) is 50.3 Å². The third-order valence-electron chi connectivity index (χ3n) is 3.30. The lowest BCUT2D eigenvalue weighted by Crippen LogP contribution is -2.27. The van der Waals surface area contributed by atoms with E-state index in [4.69, 9.17) is 0 Å². The minimum absolute atomic E-state index is 0.0818. The number of carbonyl (C=O) groups excluding carboxylic acids is 1. The van der Waals surface area contributed by atoms with Crippen molar-refractivity contribution < 1.29 is 4.79 Å². The highest BCUT2D eigenvalue weighted by atomic mass is 32.2. The molecule has 1 heterocycles. The first-order valence-electron chi connectivity index (χ1n) is 7.01. The fourth-order valence-electron chi connectivity index (χ4n) is 2.42.